The second kappa shape index (κ2) is 2.37. The van der Waals surface area contributed by atoms with E-state index in [-0.39, 0.29) is 0 Å². The number of aryl methyl sites for hydroxylation is 4. The molecule has 0 radical (unpaired) electrons. The van der Waals surface area contributed by atoms with Crippen LogP contribution in [0.3, 0.4) is 0 Å². The van der Waals surface area contributed by atoms with Crippen LogP contribution in [0.1, 0.15) is 28.7 Å². The van der Waals surface area contributed by atoms with E-state index in [0.717, 1.165) is 0 Å². The van der Waals surface area contributed by atoms with E-state index in [4.69, 9.17) is 0 Å². The van der Waals surface area contributed by atoms with Gasteiger partial charge in [-0.25, -0.2) is 0 Å². The highest BCUT2D eigenvalue weighted by atomic mass is 14.2. The Hall–Kier alpha value is -0.780. The molecule has 0 saturated carbocycles. The van der Waals surface area contributed by atoms with Gasteiger partial charge in [0.15, 0.2) is 0 Å². The Labute approximate surface area is 68.3 Å². The summed E-state index contributed by atoms with van der Waals surface area (Å²) in [5, 5.41) is 0. The van der Waals surface area contributed by atoms with Crippen LogP contribution in [0.15, 0.2) is 12.1 Å². The molecule has 0 heteroatoms. The maximum absolute atomic E-state index is 2.36. The highest BCUT2D eigenvalue weighted by Gasteiger charge is 2.10. The first-order chi connectivity index (χ1) is 5.27. The van der Waals surface area contributed by atoms with Gasteiger partial charge in [-0.15, -0.1) is 0 Å². The summed E-state index contributed by atoms with van der Waals surface area (Å²) < 4.78 is 0. The van der Waals surface area contributed by atoms with Crippen LogP contribution in [-0.4, -0.2) is 0 Å². The molecule has 0 bridgehead atoms. The summed E-state index contributed by atoms with van der Waals surface area (Å²) in [5.74, 6) is 0. The summed E-state index contributed by atoms with van der Waals surface area (Å²) in [5.41, 5.74) is 6.08. The van der Waals surface area contributed by atoms with Gasteiger partial charge in [0.05, 0.1) is 0 Å². The van der Waals surface area contributed by atoms with E-state index in [9.17, 15) is 0 Å². The first-order valence-electron chi connectivity index (χ1n) is 4.36. The van der Waals surface area contributed by atoms with Crippen LogP contribution in [0.5, 0.6) is 0 Å². The molecule has 0 N–H and O–H groups in total. The topological polar surface area (TPSA) is 0 Å². The lowest BCUT2D eigenvalue weighted by atomic mass is 10.0. The zero-order valence-corrected chi connectivity index (χ0v) is 7.28. The van der Waals surface area contributed by atoms with Crippen molar-refractivity contribution in [2.24, 2.45) is 0 Å². The summed E-state index contributed by atoms with van der Waals surface area (Å²) in [6.07, 6.45) is 3.96. The summed E-state index contributed by atoms with van der Waals surface area (Å²) in [6.45, 7) is 4.40. The first-order valence-corrected chi connectivity index (χ1v) is 4.36. The Morgan fingerprint density at radius 1 is 0.909 bits per heavy atom. The van der Waals surface area contributed by atoms with Gasteiger partial charge in [0.2, 0.25) is 0 Å². The Morgan fingerprint density at radius 2 is 1.36 bits per heavy atom. The van der Waals surface area contributed by atoms with Crippen molar-refractivity contribution >= 4 is 0 Å². The van der Waals surface area contributed by atoms with Crippen LogP contribution in [0.25, 0.3) is 0 Å². The molecule has 0 unspecified atom stereocenters. The Balaban J connectivity index is 2.57. The van der Waals surface area contributed by atoms with Gasteiger partial charge in [0.25, 0.3) is 0 Å². The van der Waals surface area contributed by atoms with Gasteiger partial charge in [0, 0.05) is 0 Å². The lowest BCUT2D eigenvalue weighted by Crippen LogP contribution is -1.87. The number of rotatable bonds is 0. The molecule has 0 fully saturated rings. The third kappa shape index (κ3) is 1.07. The van der Waals surface area contributed by atoms with E-state index in [0.29, 0.717) is 0 Å². The minimum Gasteiger partial charge on any atom is -0.0556 e. The molecule has 1 aliphatic rings. The largest absolute Gasteiger partial charge is 0.0556 e. The molecule has 58 valence electrons. The summed E-state index contributed by atoms with van der Waals surface area (Å²) >= 11 is 0. The molecule has 0 aromatic heterocycles. The molecule has 0 nitrogen and oxygen atoms in total. The van der Waals surface area contributed by atoms with E-state index in [2.05, 4.69) is 26.0 Å². The van der Waals surface area contributed by atoms with Crippen molar-refractivity contribution in [3.8, 4) is 0 Å². The highest BCUT2D eigenvalue weighted by molar-refractivity contribution is 5.39. The van der Waals surface area contributed by atoms with Gasteiger partial charge < -0.3 is 0 Å². The van der Waals surface area contributed by atoms with Crippen LogP contribution >= 0.6 is 0 Å². The smallest absolute Gasteiger partial charge is 0.0273 e. The lowest BCUT2D eigenvalue weighted by Gasteiger charge is -2.03. The Morgan fingerprint density at radius 3 is 1.82 bits per heavy atom. The van der Waals surface area contributed by atoms with Crippen molar-refractivity contribution in [3.63, 3.8) is 0 Å². The molecular formula is C11H14. The molecule has 1 aliphatic carbocycles. The summed E-state index contributed by atoms with van der Waals surface area (Å²) in [6, 6.07) is 4.72. The molecule has 0 aliphatic heterocycles. The number of benzene rings is 1. The Bertz CT molecular complexity index is 255. The number of fused-ring (bicyclic) bond motifs is 1. The number of hydrogen-bond donors (Lipinski definition) is 0. The van der Waals surface area contributed by atoms with Crippen LogP contribution in [-0.2, 0) is 12.8 Å². The molecule has 0 atom stereocenters. The van der Waals surface area contributed by atoms with Gasteiger partial charge in [-0.1, -0.05) is 12.1 Å². The summed E-state index contributed by atoms with van der Waals surface area (Å²) in [7, 11) is 0. The van der Waals surface area contributed by atoms with Crippen molar-refractivity contribution < 1.29 is 0 Å². The zero-order chi connectivity index (χ0) is 7.84. The molecular weight excluding hydrogens is 132 g/mol. The molecule has 1 aromatic rings. The molecule has 2 rings (SSSR count). The first kappa shape index (κ1) is 6.90. The zero-order valence-electron chi connectivity index (χ0n) is 7.28. The van der Waals surface area contributed by atoms with Gasteiger partial charge in [-0.3, -0.25) is 0 Å². The minimum atomic E-state index is 1.30. The third-order valence-corrected chi connectivity index (χ3v) is 2.71. The second-order valence-corrected chi connectivity index (χ2v) is 3.56. The van der Waals surface area contributed by atoms with Crippen LogP contribution in [0.4, 0.5) is 0 Å². The van der Waals surface area contributed by atoms with Crippen molar-refractivity contribution in [1.82, 2.24) is 0 Å². The predicted molar refractivity (Wildman–Crippen MR) is 47.9 cm³/mol. The van der Waals surface area contributed by atoms with E-state index < -0.39 is 0 Å². The fourth-order valence-corrected chi connectivity index (χ4v) is 1.87. The van der Waals surface area contributed by atoms with E-state index in [1.807, 2.05) is 0 Å². The second-order valence-electron chi connectivity index (χ2n) is 3.56. The third-order valence-electron chi connectivity index (χ3n) is 2.71. The van der Waals surface area contributed by atoms with E-state index in [1.54, 1.807) is 11.1 Å². The van der Waals surface area contributed by atoms with Gasteiger partial charge in [0.1, 0.15) is 0 Å². The van der Waals surface area contributed by atoms with E-state index >= 15 is 0 Å². The average molecular weight is 146 g/mol. The molecule has 0 amide bonds. The Kier molecular flexibility index (Phi) is 1.49. The normalized spacial score (nSPS) is 15.1. The van der Waals surface area contributed by atoms with Gasteiger partial charge >= 0.3 is 0 Å². The maximum atomic E-state index is 2.36. The molecule has 1 aromatic carbocycles. The van der Waals surface area contributed by atoms with Crippen molar-refractivity contribution in [2.45, 2.75) is 33.1 Å². The lowest BCUT2D eigenvalue weighted by molar-refractivity contribution is 0.911. The van der Waals surface area contributed by atoms with Crippen LogP contribution in [0.2, 0.25) is 0 Å². The monoisotopic (exact) mass is 146 g/mol. The van der Waals surface area contributed by atoms with Crippen molar-refractivity contribution in [1.29, 1.82) is 0 Å². The number of hydrogen-bond acceptors (Lipinski definition) is 0. The average Bonchev–Trinajstić information content (AvgIpc) is 2.36. The molecule has 0 spiro atoms. The van der Waals surface area contributed by atoms with Gasteiger partial charge in [-0.05, 0) is 55.4 Å². The van der Waals surface area contributed by atoms with Crippen molar-refractivity contribution in [3.05, 3.63) is 34.4 Å². The highest BCUT2D eigenvalue weighted by Crippen LogP contribution is 2.24. The SMILES string of the molecule is Cc1cc2c(cc1C)CCC2. The van der Waals surface area contributed by atoms with E-state index in [1.165, 1.54) is 30.4 Å². The fourth-order valence-electron chi connectivity index (χ4n) is 1.87. The maximum Gasteiger partial charge on any atom is -0.0273 e. The predicted octanol–water partition coefficient (Wildman–Crippen LogP) is 2.79. The fraction of sp³-hybridized carbons (Fsp3) is 0.455. The summed E-state index contributed by atoms with van der Waals surface area (Å²) in [4.78, 5) is 0. The quantitative estimate of drug-likeness (QED) is 0.528. The molecule has 11 heavy (non-hydrogen) atoms. The molecule has 0 saturated heterocycles. The minimum absolute atomic E-state index is 1.30. The standard InChI is InChI=1S/C11H14/c1-8-6-10-4-3-5-11(10)7-9(8)2/h6-7H,3-5H2,1-2H3. The van der Waals surface area contributed by atoms with Crippen molar-refractivity contribution in [2.75, 3.05) is 0 Å². The van der Waals surface area contributed by atoms with Crippen LogP contribution in [0, 0.1) is 13.8 Å². The molecule has 0 heterocycles. The van der Waals surface area contributed by atoms with Crippen LogP contribution < -0.4 is 0 Å². The van der Waals surface area contributed by atoms with Gasteiger partial charge in [-0.2, -0.15) is 0 Å².